The molecule has 1 unspecified atom stereocenters. The maximum Gasteiger partial charge on any atom is 0.306 e. The van der Waals surface area contributed by atoms with Crippen LogP contribution in [-0.4, -0.2) is 93.0 Å². The van der Waals surface area contributed by atoms with E-state index in [1.807, 2.05) is 0 Å². The predicted molar refractivity (Wildman–Crippen MR) is 238 cm³/mol. The molecule has 0 saturated heterocycles. The number of aliphatic hydroxyl groups is 1. The van der Waals surface area contributed by atoms with Gasteiger partial charge in [0.2, 0.25) is 0 Å². The molecule has 13 heteroatoms. The van der Waals surface area contributed by atoms with Gasteiger partial charge < -0.3 is 38.8 Å². The summed E-state index contributed by atoms with van der Waals surface area (Å²) in [5, 5.41) is 12.8. The smallest absolute Gasteiger partial charge is 0.306 e. The van der Waals surface area contributed by atoms with Crippen LogP contribution in [-0.2, 0) is 52.4 Å². The van der Waals surface area contributed by atoms with E-state index in [9.17, 15) is 29.1 Å². The van der Waals surface area contributed by atoms with E-state index >= 15 is 0 Å². The Bertz CT molecular complexity index is 1200. The largest absolute Gasteiger partial charge is 0.463 e. The molecule has 13 nitrogen and oxygen atoms in total. The minimum atomic E-state index is -1.13. The van der Waals surface area contributed by atoms with Crippen LogP contribution >= 0.6 is 0 Å². The summed E-state index contributed by atoms with van der Waals surface area (Å²) in [4.78, 5) is 63.3. The lowest BCUT2D eigenvalue weighted by molar-refractivity contribution is -0.655. The zero-order valence-electron chi connectivity index (χ0n) is 38.9. The highest BCUT2D eigenvalue weighted by molar-refractivity contribution is 5.71. The fourth-order valence-electron chi connectivity index (χ4n) is 9.97. The van der Waals surface area contributed by atoms with Gasteiger partial charge in [-0.2, -0.15) is 0 Å². The van der Waals surface area contributed by atoms with Crippen LogP contribution in [0.4, 0.5) is 0 Å². The van der Waals surface area contributed by atoms with Crippen LogP contribution in [0.1, 0.15) is 205 Å². The molecule has 4 aliphatic carbocycles. The fourth-order valence-corrected chi connectivity index (χ4v) is 9.97. The molecule has 1 atom stereocenters. The third-order valence-corrected chi connectivity index (χ3v) is 13.9. The van der Waals surface area contributed by atoms with Gasteiger partial charge in [-0.15, -0.1) is 0 Å². The van der Waals surface area contributed by atoms with Crippen molar-refractivity contribution in [2.75, 3.05) is 39.5 Å². The Morgan fingerprint density at radius 2 is 0.762 bits per heavy atom. The number of rotatable bonds is 31. The molecule has 362 valence electrons. The van der Waals surface area contributed by atoms with Crippen LogP contribution < -0.4 is 5.32 Å². The fraction of sp³-hybridized carbons (Fsp3) is 0.900. The lowest BCUT2D eigenvalue weighted by Gasteiger charge is -2.23. The number of esters is 5. The highest BCUT2D eigenvalue weighted by Gasteiger charge is 2.24. The topological polar surface area (TPSA) is 178 Å². The first-order chi connectivity index (χ1) is 30.7. The highest BCUT2D eigenvalue weighted by Crippen LogP contribution is 2.30. The van der Waals surface area contributed by atoms with Gasteiger partial charge >= 0.3 is 29.8 Å². The van der Waals surface area contributed by atoms with Gasteiger partial charge in [-0.1, -0.05) is 128 Å². The van der Waals surface area contributed by atoms with E-state index in [4.69, 9.17) is 28.4 Å². The van der Waals surface area contributed by atoms with Crippen LogP contribution in [0.15, 0.2) is 0 Å². The molecule has 0 amide bonds. The van der Waals surface area contributed by atoms with Crippen LogP contribution in [0.2, 0.25) is 0 Å². The van der Waals surface area contributed by atoms with Gasteiger partial charge in [0.05, 0.1) is 19.5 Å². The Kier molecular flexibility index (Phi) is 27.5. The van der Waals surface area contributed by atoms with Crippen molar-refractivity contribution >= 4 is 29.8 Å². The predicted octanol–water partition coefficient (Wildman–Crippen LogP) is 8.34. The molecule has 0 aromatic heterocycles. The summed E-state index contributed by atoms with van der Waals surface area (Å²) < 4.78 is 33.7. The summed E-state index contributed by atoms with van der Waals surface area (Å²) in [6, 6.07) is 0. The Hall–Kier alpha value is -2.77. The number of ether oxygens (including phenoxy) is 6. The molecule has 3 N–H and O–H groups in total. The van der Waals surface area contributed by atoms with E-state index < -0.39 is 24.5 Å². The van der Waals surface area contributed by atoms with Gasteiger partial charge in [-0.3, -0.25) is 24.0 Å². The molecule has 4 rings (SSSR count). The maximum atomic E-state index is 12.9. The van der Waals surface area contributed by atoms with E-state index in [1.165, 1.54) is 77.0 Å². The molecule has 0 aromatic rings. The average Bonchev–Trinajstić information content (AvgIpc) is 3.31. The summed E-state index contributed by atoms with van der Waals surface area (Å²) in [7, 11) is 0. The first-order valence-corrected chi connectivity index (χ1v) is 25.7. The quantitative estimate of drug-likeness (QED) is 0.0295. The lowest BCUT2D eigenvalue weighted by atomic mass is 9.86. The van der Waals surface area contributed by atoms with Crippen LogP contribution in [0.25, 0.3) is 0 Å². The van der Waals surface area contributed by atoms with Crippen molar-refractivity contribution in [3.63, 3.8) is 0 Å². The average molecular weight is 893 g/mol. The van der Waals surface area contributed by atoms with Gasteiger partial charge in [0.25, 0.3) is 0 Å². The molecule has 0 aliphatic heterocycles. The zero-order valence-corrected chi connectivity index (χ0v) is 38.9. The van der Waals surface area contributed by atoms with Crippen molar-refractivity contribution in [3.05, 3.63) is 0 Å². The van der Waals surface area contributed by atoms with Crippen molar-refractivity contribution in [2.45, 2.75) is 224 Å². The molecule has 4 aliphatic rings. The molecular formula is C50H86NO12+. The van der Waals surface area contributed by atoms with Crippen molar-refractivity contribution < 1.29 is 62.8 Å². The molecule has 0 spiro atoms. The number of hydrogen-bond donors (Lipinski definition) is 2. The maximum absolute atomic E-state index is 12.9. The number of hydrogen-bond acceptors (Lipinski definition) is 12. The van der Waals surface area contributed by atoms with Gasteiger partial charge in [0, 0.05) is 44.9 Å². The zero-order chi connectivity index (χ0) is 44.7. The van der Waals surface area contributed by atoms with Gasteiger partial charge in [-0.25, -0.2) is 0 Å². The number of carbonyl (C=O) groups is 5. The van der Waals surface area contributed by atoms with Crippen molar-refractivity contribution in [1.82, 2.24) is 0 Å². The minimum absolute atomic E-state index is 0.0920. The second-order valence-electron chi connectivity index (χ2n) is 19.3. The Balaban J connectivity index is 1.11. The number of nitrogens with two attached hydrogens (primary N) is 1. The number of quaternary nitrogens is 1. The van der Waals surface area contributed by atoms with Gasteiger partial charge in [0.15, 0.2) is 12.4 Å². The first kappa shape index (κ1) is 52.9. The third-order valence-electron chi connectivity index (χ3n) is 13.9. The molecule has 4 saturated carbocycles. The number of aliphatic hydroxyl groups excluding tert-OH is 1. The van der Waals surface area contributed by atoms with Crippen molar-refractivity contribution in [1.29, 1.82) is 0 Å². The summed E-state index contributed by atoms with van der Waals surface area (Å²) in [5.74, 6) is 0.559. The molecular weight excluding hydrogens is 807 g/mol. The van der Waals surface area contributed by atoms with Crippen LogP contribution in [0.5, 0.6) is 0 Å². The highest BCUT2D eigenvalue weighted by atomic mass is 16.6. The Morgan fingerprint density at radius 1 is 0.429 bits per heavy atom. The summed E-state index contributed by atoms with van der Waals surface area (Å²) >= 11 is 0. The third kappa shape index (κ3) is 25.5. The summed E-state index contributed by atoms with van der Waals surface area (Å²) in [6.07, 6.45) is 27.5. The Labute approximate surface area is 378 Å². The second kappa shape index (κ2) is 32.8. The van der Waals surface area contributed by atoms with E-state index in [-0.39, 0.29) is 56.7 Å². The molecule has 0 aromatic carbocycles. The van der Waals surface area contributed by atoms with Gasteiger partial charge in [0.1, 0.15) is 32.5 Å². The van der Waals surface area contributed by atoms with E-state index in [1.54, 1.807) is 0 Å². The van der Waals surface area contributed by atoms with E-state index in [2.05, 4.69) is 5.32 Å². The van der Waals surface area contributed by atoms with E-state index in [0.29, 0.717) is 81.7 Å². The molecule has 63 heavy (non-hydrogen) atoms. The number of carbonyl (C=O) groups excluding carboxylic acids is 5. The lowest BCUT2D eigenvalue weighted by Crippen LogP contribution is -2.84. The first-order valence-electron chi connectivity index (χ1n) is 25.7. The SMILES string of the molecule is O=C(CCC1CCCCC1)OCC(COC(=O)CCC1CCCCC1)OC(=O)CCC[NH2+]CCCC(O)OC(COC(=O)CCC1CCCCC1)COC(=O)CCC1CCCCC1. The normalized spacial score (nSPS) is 18.8. The van der Waals surface area contributed by atoms with Crippen molar-refractivity contribution in [3.8, 4) is 0 Å². The van der Waals surface area contributed by atoms with Crippen molar-refractivity contribution in [2.24, 2.45) is 23.7 Å². The summed E-state index contributed by atoms with van der Waals surface area (Å²) in [6.45, 7) is 0.862. The second-order valence-corrected chi connectivity index (χ2v) is 19.3. The van der Waals surface area contributed by atoms with E-state index in [0.717, 1.165) is 77.0 Å². The molecule has 0 heterocycles. The summed E-state index contributed by atoms with van der Waals surface area (Å²) in [5.41, 5.74) is 0. The monoisotopic (exact) mass is 893 g/mol. The molecule has 4 fully saturated rings. The van der Waals surface area contributed by atoms with Crippen LogP contribution in [0, 0.1) is 23.7 Å². The van der Waals surface area contributed by atoms with Crippen LogP contribution in [0.3, 0.4) is 0 Å². The molecule has 0 bridgehead atoms. The molecule has 0 radical (unpaired) electrons. The van der Waals surface area contributed by atoms with Gasteiger partial charge in [-0.05, 0) is 49.4 Å². The minimum Gasteiger partial charge on any atom is -0.463 e. The standard InChI is InChI=1S/C50H85NO12/c52-45(29-25-39-15-5-1-6-16-39)58-35-43(36-59-46(53)30-26-40-17-7-2-8-18-40)62-49(56)23-13-33-51-34-14-24-50(57)63-44(37-60-47(54)31-27-41-19-9-3-10-20-41)38-61-48(55)32-28-42-21-11-4-12-22-42/h39-44,49,51,56H,1-38H2/p+1. The Morgan fingerprint density at radius 3 is 1.13 bits per heavy atom.